The number of para-hydroxylation sites is 1. The minimum Gasteiger partial charge on any atom is -0.398 e. The Labute approximate surface area is 99.4 Å². The van der Waals surface area contributed by atoms with Crippen LogP contribution in [0.3, 0.4) is 0 Å². The fraction of sp³-hybridized carbons (Fsp3) is 0.333. The van der Waals surface area contributed by atoms with E-state index in [9.17, 15) is 0 Å². The summed E-state index contributed by atoms with van der Waals surface area (Å²) < 4.78 is 2.01. The first-order valence-electron chi connectivity index (χ1n) is 5.81. The Morgan fingerprint density at radius 2 is 2.06 bits per heavy atom. The maximum absolute atomic E-state index is 6.12. The minimum atomic E-state index is -0.0386. The highest BCUT2D eigenvalue weighted by Crippen LogP contribution is 2.29. The summed E-state index contributed by atoms with van der Waals surface area (Å²) in [4.78, 5) is 0. The zero-order valence-corrected chi connectivity index (χ0v) is 9.50. The molecule has 1 aromatic carbocycles. The van der Waals surface area contributed by atoms with Crippen LogP contribution in [-0.2, 0) is 6.42 Å². The quantitative estimate of drug-likeness (QED) is 0.722. The van der Waals surface area contributed by atoms with Gasteiger partial charge in [-0.15, -0.1) is 10.2 Å². The van der Waals surface area contributed by atoms with Gasteiger partial charge in [0, 0.05) is 17.7 Å². The minimum absolute atomic E-state index is 0.0386. The number of nitrogens with two attached hydrogens (primary N) is 2. The normalized spacial score (nSPS) is 19.0. The lowest BCUT2D eigenvalue weighted by molar-refractivity contribution is 0.412. The van der Waals surface area contributed by atoms with Crippen LogP contribution in [0.1, 0.15) is 24.8 Å². The van der Waals surface area contributed by atoms with Crippen LogP contribution in [0.5, 0.6) is 0 Å². The van der Waals surface area contributed by atoms with Gasteiger partial charge in [-0.25, -0.2) is 0 Å². The van der Waals surface area contributed by atoms with E-state index in [4.69, 9.17) is 11.5 Å². The molecule has 0 saturated heterocycles. The van der Waals surface area contributed by atoms with Gasteiger partial charge >= 0.3 is 0 Å². The SMILES string of the molecule is Nc1ccccc1-c1nnc2n1C(N)CCC2. The highest BCUT2D eigenvalue weighted by molar-refractivity contribution is 5.71. The van der Waals surface area contributed by atoms with Gasteiger partial charge in [-0.2, -0.15) is 0 Å². The molecular formula is C12H15N5. The highest BCUT2D eigenvalue weighted by Gasteiger charge is 2.23. The number of fused-ring (bicyclic) bond motifs is 1. The summed E-state index contributed by atoms with van der Waals surface area (Å²) >= 11 is 0. The molecule has 1 aliphatic heterocycles. The van der Waals surface area contributed by atoms with Gasteiger partial charge in [0.05, 0.1) is 6.17 Å². The summed E-state index contributed by atoms with van der Waals surface area (Å²) in [5, 5.41) is 8.43. The van der Waals surface area contributed by atoms with E-state index in [1.54, 1.807) is 0 Å². The molecule has 2 aromatic rings. The first-order valence-corrected chi connectivity index (χ1v) is 5.81. The van der Waals surface area contributed by atoms with Crippen molar-refractivity contribution in [2.24, 2.45) is 5.73 Å². The van der Waals surface area contributed by atoms with Crippen molar-refractivity contribution in [1.29, 1.82) is 0 Å². The number of hydrogen-bond donors (Lipinski definition) is 2. The first kappa shape index (κ1) is 10.3. The first-order chi connectivity index (χ1) is 8.27. The summed E-state index contributed by atoms with van der Waals surface area (Å²) in [6.07, 6.45) is 2.94. The molecule has 5 heteroatoms. The zero-order chi connectivity index (χ0) is 11.8. The maximum atomic E-state index is 6.12. The van der Waals surface area contributed by atoms with E-state index in [0.29, 0.717) is 5.69 Å². The Morgan fingerprint density at radius 1 is 1.24 bits per heavy atom. The van der Waals surface area contributed by atoms with Crippen LogP contribution in [0, 0.1) is 0 Å². The summed E-state index contributed by atoms with van der Waals surface area (Å²) in [5.74, 6) is 1.74. The Balaban J connectivity index is 2.17. The maximum Gasteiger partial charge on any atom is 0.167 e. The van der Waals surface area contributed by atoms with Crippen molar-refractivity contribution in [3.8, 4) is 11.4 Å². The van der Waals surface area contributed by atoms with E-state index in [1.165, 1.54) is 0 Å². The van der Waals surface area contributed by atoms with Gasteiger partial charge in [-0.1, -0.05) is 12.1 Å². The number of benzene rings is 1. The van der Waals surface area contributed by atoms with E-state index >= 15 is 0 Å². The van der Waals surface area contributed by atoms with Crippen LogP contribution >= 0.6 is 0 Å². The number of anilines is 1. The third-order valence-electron chi connectivity index (χ3n) is 3.20. The fourth-order valence-electron chi connectivity index (χ4n) is 2.33. The smallest absolute Gasteiger partial charge is 0.167 e. The molecule has 1 atom stereocenters. The highest BCUT2D eigenvalue weighted by atomic mass is 15.3. The molecule has 3 rings (SSSR count). The summed E-state index contributed by atoms with van der Waals surface area (Å²) in [6.45, 7) is 0. The molecule has 4 N–H and O–H groups in total. The van der Waals surface area contributed by atoms with Gasteiger partial charge in [0.1, 0.15) is 5.82 Å². The van der Waals surface area contributed by atoms with Crippen molar-refractivity contribution in [1.82, 2.24) is 14.8 Å². The van der Waals surface area contributed by atoms with Gasteiger partial charge in [-0.3, -0.25) is 4.57 Å². The third kappa shape index (κ3) is 1.59. The lowest BCUT2D eigenvalue weighted by Gasteiger charge is -2.22. The second-order valence-corrected chi connectivity index (χ2v) is 4.36. The Hall–Kier alpha value is -1.88. The second kappa shape index (κ2) is 3.85. The molecule has 2 heterocycles. The topological polar surface area (TPSA) is 82.8 Å². The molecule has 5 nitrogen and oxygen atoms in total. The van der Waals surface area contributed by atoms with Gasteiger partial charge in [0.25, 0.3) is 0 Å². The van der Waals surface area contributed by atoms with E-state index in [1.807, 2.05) is 28.8 Å². The average molecular weight is 229 g/mol. The van der Waals surface area contributed by atoms with Crippen LogP contribution in [0.4, 0.5) is 5.69 Å². The molecule has 0 saturated carbocycles. The van der Waals surface area contributed by atoms with E-state index in [2.05, 4.69) is 10.2 Å². The monoisotopic (exact) mass is 229 g/mol. The molecule has 1 aromatic heterocycles. The van der Waals surface area contributed by atoms with Crippen molar-refractivity contribution < 1.29 is 0 Å². The second-order valence-electron chi connectivity index (χ2n) is 4.36. The van der Waals surface area contributed by atoms with Crippen molar-refractivity contribution in [3.05, 3.63) is 30.1 Å². The molecule has 0 amide bonds. The summed E-state index contributed by atoms with van der Waals surface area (Å²) in [7, 11) is 0. The van der Waals surface area contributed by atoms with Gasteiger partial charge < -0.3 is 11.5 Å². The predicted octanol–water partition coefficient (Wildman–Crippen LogP) is 1.32. The van der Waals surface area contributed by atoms with E-state index < -0.39 is 0 Å². The van der Waals surface area contributed by atoms with Gasteiger partial charge in [-0.05, 0) is 25.0 Å². The molecule has 0 spiro atoms. The van der Waals surface area contributed by atoms with Gasteiger partial charge in [0.15, 0.2) is 5.82 Å². The fourth-order valence-corrected chi connectivity index (χ4v) is 2.33. The molecule has 0 fully saturated rings. The molecular weight excluding hydrogens is 214 g/mol. The van der Waals surface area contributed by atoms with E-state index in [-0.39, 0.29) is 6.17 Å². The average Bonchev–Trinajstić information content (AvgIpc) is 2.75. The van der Waals surface area contributed by atoms with Gasteiger partial charge in [0.2, 0.25) is 0 Å². The van der Waals surface area contributed by atoms with Crippen molar-refractivity contribution in [3.63, 3.8) is 0 Å². The van der Waals surface area contributed by atoms with Crippen LogP contribution in [0.25, 0.3) is 11.4 Å². The lowest BCUT2D eigenvalue weighted by Crippen LogP contribution is -2.25. The largest absolute Gasteiger partial charge is 0.398 e. The number of nitrogen functional groups attached to an aromatic ring is 1. The Kier molecular flexibility index (Phi) is 2.33. The van der Waals surface area contributed by atoms with Crippen LogP contribution in [-0.4, -0.2) is 14.8 Å². The van der Waals surface area contributed by atoms with E-state index in [0.717, 1.165) is 36.5 Å². The Bertz CT molecular complexity index is 546. The number of aryl methyl sites for hydroxylation is 1. The predicted molar refractivity (Wildman–Crippen MR) is 66.0 cm³/mol. The molecule has 1 unspecified atom stereocenters. The molecule has 17 heavy (non-hydrogen) atoms. The summed E-state index contributed by atoms with van der Waals surface area (Å²) in [6, 6.07) is 7.67. The van der Waals surface area contributed by atoms with Crippen LogP contribution < -0.4 is 11.5 Å². The van der Waals surface area contributed by atoms with Crippen molar-refractivity contribution in [2.45, 2.75) is 25.4 Å². The molecule has 88 valence electrons. The summed E-state index contributed by atoms with van der Waals surface area (Å²) in [5.41, 5.74) is 13.7. The molecule has 0 aliphatic carbocycles. The third-order valence-corrected chi connectivity index (χ3v) is 3.20. The lowest BCUT2D eigenvalue weighted by atomic mass is 10.1. The van der Waals surface area contributed by atoms with Crippen molar-refractivity contribution >= 4 is 5.69 Å². The number of nitrogens with zero attached hydrogens (tertiary/aromatic N) is 3. The zero-order valence-electron chi connectivity index (χ0n) is 9.50. The standard InChI is InChI=1S/C12H15N5/c13-9-5-2-1-4-8(9)12-16-15-11-7-3-6-10(14)17(11)12/h1-2,4-5,10H,3,6-7,13-14H2. The number of aromatic nitrogens is 3. The molecule has 0 bridgehead atoms. The van der Waals surface area contributed by atoms with Crippen LogP contribution in [0.15, 0.2) is 24.3 Å². The van der Waals surface area contributed by atoms with Crippen molar-refractivity contribution in [2.75, 3.05) is 5.73 Å². The number of hydrogen-bond acceptors (Lipinski definition) is 4. The van der Waals surface area contributed by atoms with Crippen LogP contribution in [0.2, 0.25) is 0 Å². The Morgan fingerprint density at radius 3 is 2.88 bits per heavy atom. The molecule has 0 radical (unpaired) electrons. The number of rotatable bonds is 1. The molecule has 1 aliphatic rings.